The van der Waals surface area contributed by atoms with Crippen molar-refractivity contribution < 1.29 is 27.8 Å². The molecule has 2 aromatic carbocycles. The SMILES string of the molecule is C#Cc1c(F)ccc2cc(O)cc(-c3ncc4c(NC[C@H]5CCOC5)nc(OC[C@@]56CCCN5C[C@H](F)C6)nc4c3F)c12. The van der Waals surface area contributed by atoms with Crippen LogP contribution in [-0.2, 0) is 4.74 Å². The van der Waals surface area contributed by atoms with Crippen molar-refractivity contribution in [2.24, 2.45) is 5.92 Å². The number of ether oxygens (including phenoxy) is 2. The molecule has 7 rings (SSSR count). The van der Waals surface area contributed by atoms with Gasteiger partial charge in [0.2, 0.25) is 0 Å². The van der Waals surface area contributed by atoms with E-state index in [1.54, 1.807) is 0 Å². The average molecular weight is 590 g/mol. The molecule has 3 fully saturated rings. The molecule has 0 aliphatic carbocycles. The van der Waals surface area contributed by atoms with Crippen molar-refractivity contribution in [1.29, 1.82) is 0 Å². The molecule has 222 valence electrons. The minimum atomic E-state index is -0.923. The number of benzene rings is 2. The molecule has 11 heteroatoms. The monoisotopic (exact) mass is 589 g/mol. The van der Waals surface area contributed by atoms with Gasteiger partial charge in [0.05, 0.1) is 23.1 Å². The van der Waals surface area contributed by atoms with E-state index in [1.165, 1.54) is 30.5 Å². The highest BCUT2D eigenvalue weighted by molar-refractivity contribution is 6.02. The number of phenols is 1. The number of terminal acetylenes is 1. The lowest BCUT2D eigenvalue weighted by molar-refractivity contribution is 0.107. The maximum absolute atomic E-state index is 16.5. The predicted molar refractivity (Wildman–Crippen MR) is 156 cm³/mol. The number of phenolic OH excluding ortho intramolecular Hbond substituents is 1. The van der Waals surface area contributed by atoms with Gasteiger partial charge >= 0.3 is 6.01 Å². The van der Waals surface area contributed by atoms with Crippen LogP contribution in [0.5, 0.6) is 11.8 Å². The molecule has 3 aliphatic rings. The normalized spacial score (nSPS) is 23.6. The molecule has 0 unspecified atom stereocenters. The van der Waals surface area contributed by atoms with Gasteiger partial charge in [-0.25, -0.2) is 13.2 Å². The van der Waals surface area contributed by atoms with E-state index < -0.39 is 23.3 Å². The summed E-state index contributed by atoms with van der Waals surface area (Å²) in [7, 11) is 0. The number of halogens is 3. The maximum atomic E-state index is 16.5. The molecule has 0 spiro atoms. The van der Waals surface area contributed by atoms with Crippen LogP contribution < -0.4 is 10.1 Å². The Morgan fingerprint density at radius 2 is 2.14 bits per heavy atom. The van der Waals surface area contributed by atoms with Crippen molar-refractivity contribution in [1.82, 2.24) is 19.9 Å². The molecule has 0 radical (unpaired) electrons. The molecule has 43 heavy (non-hydrogen) atoms. The molecular weight excluding hydrogens is 559 g/mol. The number of aromatic hydroxyl groups is 1. The average Bonchev–Trinajstić information content (AvgIpc) is 3.72. The number of anilines is 1. The number of aromatic nitrogens is 3. The quantitative estimate of drug-likeness (QED) is 0.284. The van der Waals surface area contributed by atoms with Crippen molar-refractivity contribution in [2.45, 2.75) is 37.4 Å². The molecule has 3 atom stereocenters. The minimum Gasteiger partial charge on any atom is -0.508 e. The minimum absolute atomic E-state index is 0.0478. The molecule has 0 bridgehead atoms. The number of hydrogen-bond acceptors (Lipinski definition) is 8. The van der Waals surface area contributed by atoms with Gasteiger partial charge in [-0.2, -0.15) is 9.97 Å². The Balaban J connectivity index is 1.33. The fourth-order valence-electron chi connectivity index (χ4n) is 6.81. The van der Waals surface area contributed by atoms with Crippen LogP contribution in [0.25, 0.3) is 32.9 Å². The smallest absolute Gasteiger partial charge is 0.319 e. The first-order chi connectivity index (χ1) is 20.8. The zero-order valence-electron chi connectivity index (χ0n) is 23.4. The Labute approximate surface area is 246 Å². The lowest BCUT2D eigenvalue weighted by Gasteiger charge is -2.30. The van der Waals surface area contributed by atoms with E-state index >= 15 is 4.39 Å². The van der Waals surface area contributed by atoms with Gasteiger partial charge in [0.25, 0.3) is 0 Å². The largest absolute Gasteiger partial charge is 0.508 e. The molecule has 3 saturated heterocycles. The van der Waals surface area contributed by atoms with Crippen molar-refractivity contribution in [3.05, 3.63) is 47.7 Å². The van der Waals surface area contributed by atoms with Gasteiger partial charge in [0, 0.05) is 49.2 Å². The third kappa shape index (κ3) is 4.88. The number of alkyl halides is 1. The topological polar surface area (TPSA) is 92.6 Å². The van der Waals surface area contributed by atoms with E-state index in [2.05, 4.69) is 31.1 Å². The Morgan fingerprint density at radius 3 is 2.95 bits per heavy atom. The number of pyridine rings is 1. The van der Waals surface area contributed by atoms with Crippen LogP contribution in [-0.4, -0.2) is 76.1 Å². The number of nitrogens with zero attached hydrogens (tertiary/aromatic N) is 4. The summed E-state index contributed by atoms with van der Waals surface area (Å²) in [5.41, 5.74) is -0.603. The van der Waals surface area contributed by atoms with E-state index in [0.717, 1.165) is 25.8 Å². The molecule has 5 heterocycles. The van der Waals surface area contributed by atoms with E-state index in [0.29, 0.717) is 49.3 Å². The second-order valence-corrected chi connectivity index (χ2v) is 11.7. The zero-order chi connectivity index (χ0) is 29.7. The summed E-state index contributed by atoms with van der Waals surface area (Å²) in [6.45, 7) is 3.18. The van der Waals surface area contributed by atoms with E-state index in [9.17, 15) is 13.9 Å². The third-order valence-corrected chi connectivity index (χ3v) is 8.93. The summed E-state index contributed by atoms with van der Waals surface area (Å²) in [5.74, 6) is 1.34. The van der Waals surface area contributed by atoms with Gasteiger partial charge in [-0.1, -0.05) is 12.0 Å². The Morgan fingerprint density at radius 1 is 1.26 bits per heavy atom. The third-order valence-electron chi connectivity index (χ3n) is 8.93. The fourth-order valence-corrected chi connectivity index (χ4v) is 6.81. The Kier molecular flexibility index (Phi) is 6.98. The van der Waals surface area contributed by atoms with Gasteiger partial charge in [0.15, 0.2) is 5.82 Å². The fraction of sp³-hybridized carbons (Fsp3) is 0.406. The number of rotatable bonds is 7. The summed E-state index contributed by atoms with van der Waals surface area (Å²) in [6.07, 6.45) is 9.16. The first-order valence-corrected chi connectivity index (χ1v) is 14.5. The van der Waals surface area contributed by atoms with Gasteiger partial charge in [0.1, 0.15) is 41.4 Å². The van der Waals surface area contributed by atoms with Crippen LogP contribution in [0.3, 0.4) is 0 Å². The standard InChI is InChI=1S/C32H30F3N5O3/c1-2-22-25(34)5-4-19-10-21(41)11-23(26(19)22)28-27(35)29-24(14-36-28)30(37-13-18-6-9-42-16-18)39-31(38-29)43-17-32-7-3-8-40(32)15-20(33)12-32/h1,4-5,10-11,14,18,20,41H,3,6-9,12-13,15-17H2,(H,37,38,39)/t18-,20-,32+/m1/s1. The van der Waals surface area contributed by atoms with Crippen molar-refractivity contribution in [3.63, 3.8) is 0 Å². The second kappa shape index (κ2) is 10.8. The first-order valence-electron chi connectivity index (χ1n) is 14.5. The first kappa shape index (κ1) is 27.7. The number of hydrogen-bond donors (Lipinski definition) is 2. The van der Waals surface area contributed by atoms with Crippen LogP contribution in [0, 0.1) is 29.9 Å². The summed E-state index contributed by atoms with van der Waals surface area (Å²) < 4.78 is 57.2. The van der Waals surface area contributed by atoms with Crippen LogP contribution in [0.15, 0.2) is 30.5 Å². The molecule has 4 aromatic rings. The molecule has 0 saturated carbocycles. The van der Waals surface area contributed by atoms with Gasteiger partial charge in [-0.05, 0) is 49.4 Å². The highest BCUT2D eigenvalue weighted by Crippen LogP contribution is 2.41. The van der Waals surface area contributed by atoms with Crippen molar-refractivity contribution in [2.75, 3.05) is 44.8 Å². The molecule has 3 aliphatic heterocycles. The molecule has 0 amide bonds. The predicted octanol–water partition coefficient (Wildman–Crippen LogP) is 5.21. The van der Waals surface area contributed by atoms with Crippen LogP contribution >= 0.6 is 0 Å². The second-order valence-electron chi connectivity index (χ2n) is 11.7. The Bertz CT molecular complexity index is 1770. The van der Waals surface area contributed by atoms with Crippen LogP contribution in [0.1, 0.15) is 31.2 Å². The molecule has 2 aromatic heterocycles. The summed E-state index contributed by atoms with van der Waals surface area (Å²) >= 11 is 0. The van der Waals surface area contributed by atoms with E-state index in [4.69, 9.17) is 15.9 Å². The highest BCUT2D eigenvalue weighted by Gasteiger charge is 2.49. The summed E-state index contributed by atoms with van der Waals surface area (Å²) in [6, 6.07) is 5.35. The maximum Gasteiger partial charge on any atom is 0.319 e. The molecular formula is C32H30F3N5O3. The van der Waals surface area contributed by atoms with Gasteiger partial charge in [-0.15, -0.1) is 6.42 Å². The molecule has 8 nitrogen and oxygen atoms in total. The lowest BCUT2D eigenvalue weighted by atomic mass is 9.95. The zero-order valence-corrected chi connectivity index (χ0v) is 23.4. The van der Waals surface area contributed by atoms with E-state index in [1.807, 2.05) is 0 Å². The Hall–Kier alpha value is -4.14. The summed E-state index contributed by atoms with van der Waals surface area (Å²) in [5, 5.41) is 14.7. The highest BCUT2D eigenvalue weighted by atomic mass is 19.1. The van der Waals surface area contributed by atoms with E-state index in [-0.39, 0.29) is 52.0 Å². The number of fused-ring (bicyclic) bond motifs is 3. The summed E-state index contributed by atoms with van der Waals surface area (Å²) in [4.78, 5) is 15.5. The lowest BCUT2D eigenvalue weighted by Crippen LogP contribution is -2.43. The van der Waals surface area contributed by atoms with Crippen molar-refractivity contribution in [3.8, 4) is 35.4 Å². The van der Waals surface area contributed by atoms with Gasteiger partial charge < -0.3 is 19.9 Å². The van der Waals surface area contributed by atoms with Gasteiger partial charge in [-0.3, -0.25) is 9.88 Å². The molecule has 2 N–H and O–H groups in total. The van der Waals surface area contributed by atoms with Crippen LogP contribution in [0.4, 0.5) is 19.0 Å². The van der Waals surface area contributed by atoms with Crippen LogP contribution in [0.2, 0.25) is 0 Å². The number of nitrogens with one attached hydrogen (secondary N) is 1. The van der Waals surface area contributed by atoms with Crippen molar-refractivity contribution >= 4 is 27.5 Å².